The standard InChI is InChI=1S/C25H21Cl2FN2O2/c26-21-7-3-1-5-16(21)11-12-29-14-20-19-6-2-4-8-23(19)30(24(20)25(31)32)15-17-9-10-18(28)13-22(17)27/h1-10,13,29H,11-12,14-15H2,(H,31,32). The van der Waals surface area contributed by atoms with Crippen LogP contribution in [0.2, 0.25) is 10.0 Å². The van der Waals surface area contributed by atoms with Gasteiger partial charge in [0, 0.05) is 39.6 Å². The number of rotatable bonds is 8. The van der Waals surface area contributed by atoms with Crippen LogP contribution >= 0.6 is 23.2 Å². The summed E-state index contributed by atoms with van der Waals surface area (Å²) in [6.45, 7) is 1.25. The summed E-state index contributed by atoms with van der Waals surface area (Å²) in [6.07, 6.45) is 0.728. The van der Waals surface area contributed by atoms with Crippen LogP contribution in [-0.4, -0.2) is 22.2 Å². The molecular weight excluding hydrogens is 450 g/mol. The van der Waals surface area contributed by atoms with Gasteiger partial charge in [0.2, 0.25) is 0 Å². The van der Waals surface area contributed by atoms with Crippen molar-refractivity contribution in [3.63, 3.8) is 0 Å². The van der Waals surface area contributed by atoms with Crippen molar-refractivity contribution in [3.8, 4) is 0 Å². The summed E-state index contributed by atoms with van der Waals surface area (Å²) in [5, 5.41) is 15.2. The first-order valence-electron chi connectivity index (χ1n) is 10.2. The quantitative estimate of drug-likeness (QED) is 0.303. The van der Waals surface area contributed by atoms with Gasteiger partial charge in [-0.05, 0) is 48.4 Å². The second-order valence-corrected chi connectivity index (χ2v) is 8.30. The summed E-state index contributed by atoms with van der Waals surface area (Å²) >= 11 is 12.4. The van der Waals surface area contributed by atoms with E-state index in [0.29, 0.717) is 29.2 Å². The van der Waals surface area contributed by atoms with Gasteiger partial charge in [-0.2, -0.15) is 0 Å². The number of carbonyl (C=O) groups is 1. The minimum Gasteiger partial charge on any atom is -0.477 e. The topological polar surface area (TPSA) is 54.3 Å². The van der Waals surface area contributed by atoms with E-state index in [0.717, 1.165) is 22.9 Å². The number of carboxylic acids is 1. The fraction of sp³-hybridized carbons (Fsp3) is 0.160. The molecule has 2 N–H and O–H groups in total. The number of para-hydroxylation sites is 1. The zero-order valence-electron chi connectivity index (χ0n) is 17.1. The molecule has 164 valence electrons. The van der Waals surface area contributed by atoms with E-state index in [-0.39, 0.29) is 17.3 Å². The Hall–Kier alpha value is -2.86. The molecule has 0 spiro atoms. The van der Waals surface area contributed by atoms with Crippen LogP contribution in [-0.2, 0) is 19.5 Å². The number of aromatic nitrogens is 1. The summed E-state index contributed by atoms with van der Waals surface area (Å²) in [7, 11) is 0. The van der Waals surface area contributed by atoms with Crippen molar-refractivity contribution in [3.05, 3.63) is 105 Å². The Kier molecular flexibility index (Phi) is 6.80. The van der Waals surface area contributed by atoms with Crippen LogP contribution in [0.3, 0.4) is 0 Å². The van der Waals surface area contributed by atoms with Crippen molar-refractivity contribution >= 4 is 40.1 Å². The van der Waals surface area contributed by atoms with Crippen molar-refractivity contribution in [1.82, 2.24) is 9.88 Å². The molecule has 0 amide bonds. The molecule has 0 saturated heterocycles. The second-order valence-electron chi connectivity index (χ2n) is 7.49. The number of halogens is 3. The lowest BCUT2D eigenvalue weighted by Gasteiger charge is -2.11. The Morgan fingerprint density at radius 1 is 0.969 bits per heavy atom. The smallest absolute Gasteiger partial charge is 0.352 e. The van der Waals surface area contributed by atoms with Gasteiger partial charge in [-0.25, -0.2) is 9.18 Å². The summed E-state index contributed by atoms with van der Waals surface area (Å²) in [5.74, 6) is -1.46. The fourth-order valence-electron chi connectivity index (χ4n) is 3.92. The van der Waals surface area contributed by atoms with Crippen LogP contribution in [0.4, 0.5) is 4.39 Å². The maximum absolute atomic E-state index is 13.5. The predicted molar refractivity (Wildman–Crippen MR) is 126 cm³/mol. The van der Waals surface area contributed by atoms with Crippen LogP contribution in [0.15, 0.2) is 66.7 Å². The largest absolute Gasteiger partial charge is 0.477 e. The minimum atomic E-state index is -1.03. The van der Waals surface area contributed by atoms with Crippen LogP contribution in [0.1, 0.15) is 27.2 Å². The fourth-order valence-corrected chi connectivity index (χ4v) is 4.38. The first-order valence-corrected chi connectivity index (χ1v) is 10.9. The molecule has 0 aliphatic heterocycles. The van der Waals surface area contributed by atoms with E-state index in [9.17, 15) is 14.3 Å². The number of hydrogen-bond acceptors (Lipinski definition) is 2. The van der Waals surface area contributed by atoms with Crippen LogP contribution in [0.25, 0.3) is 10.9 Å². The van der Waals surface area contributed by atoms with E-state index in [2.05, 4.69) is 5.32 Å². The number of hydrogen-bond donors (Lipinski definition) is 2. The van der Waals surface area contributed by atoms with Gasteiger partial charge in [0.1, 0.15) is 11.5 Å². The zero-order chi connectivity index (χ0) is 22.7. The van der Waals surface area contributed by atoms with Gasteiger partial charge >= 0.3 is 5.97 Å². The molecule has 0 saturated carbocycles. The Morgan fingerprint density at radius 2 is 1.72 bits per heavy atom. The number of benzene rings is 3. The summed E-state index contributed by atoms with van der Waals surface area (Å²) in [6, 6.07) is 19.4. The van der Waals surface area contributed by atoms with E-state index in [4.69, 9.17) is 23.2 Å². The highest BCUT2D eigenvalue weighted by Gasteiger charge is 2.22. The third kappa shape index (κ3) is 4.65. The molecule has 1 heterocycles. The number of aromatic carboxylic acids is 1. The minimum absolute atomic E-state index is 0.192. The molecule has 0 aliphatic rings. The molecule has 3 aromatic carbocycles. The number of nitrogens with zero attached hydrogens (tertiary/aromatic N) is 1. The second kappa shape index (κ2) is 9.74. The molecular formula is C25H21Cl2FN2O2. The average Bonchev–Trinajstić information content (AvgIpc) is 3.08. The third-order valence-corrected chi connectivity index (χ3v) is 6.17. The summed E-state index contributed by atoms with van der Waals surface area (Å²) in [5.41, 5.74) is 3.36. The summed E-state index contributed by atoms with van der Waals surface area (Å²) < 4.78 is 15.2. The molecule has 7 heteroatoms. The molecule has 1 aromatic heterocycles. The third-order valence-electron chi connectivity index (χ3n) is 5.45. The highest BCUT2D eigenvalue weighted by Crippen LogP contribution is 2.29. The SMILES string of the molecule is O=C(O)c1c(CNCCc2ccccc2Cl)c2ccccc2n1Cc1ccc(F)cc1Cl. The molecule has 0 bridgehead atoms. The number of fused-ring (bicyclic) bond motifs is 1. The molecule has 4 rings (SSSR count). The number of carboxylic acid groups (broad SMARTS) is 1. The monoisotopic (exact) mass is 470 g/mol. The zero-order valence-corrected chi connectivity index (χ0v) is 18.6. The Morgan fingerprint density at radius 3 is 2.47 bits per heavy atom. The molecule has 0 radical (unpaired) electrons. The van der Waals surface area contributed by atoms with Crippen molar-refractivity contribution in [2.24, 2.45) is 0 Å². The van der Waals surface area contributed by atoms with Gasteiger partial charge in [-0.1, -0.05) is 65.7 Å². The van der Waals surface area contributed by atoms with E-state index in [1.807, 2.05) is 48.5 Å². The van der Waals surface area contributed by atoms with Crippen molar-refractivity contribution in [2.75, 3.05) is 6.54 Å². The molecule has 32 heavy (non-hydrogen) atoms. The first kappa shape index (κ1) is 22.3. The Bertz CT molecular complexity index is 1290. The Labute approximate surface area is 195 Å². The lowest BCUT2D eigenvalue weighted by atomic mass is 10.1. The highest BCUT2D eigenvalue weighted by molar-refractivity contribution is 6.31. The van der Waals surface area contributed by atoms with Gasteiger partial charge < -0.3 is 15.0 Å². The van der Waals surface area contributed by atoms with Gasteiger partial charge in [0.15, 0.2) is 0 Å². The Balaban J connectivity index is 1.64. The van der Waals surface area contributed by atoms with Crippen molar-refractivity contribution in [2.45, 2.75) is 19.5 Å². The van der Waals surface area contributed by atoms with Crippen molar-refractivity contribution in [1.29, 1.82) is 0 Å². The van der Waals surface area contributed by atoms with Gasteiger partial charge in [-0.15, -0.1) is 0 Å². The van der Waals surface area contributed by atoms with E-state index in [1.54, 1.807) is 10.6 Å². The lowest BCUT2D eigenvalue weighted by molar-refractivity contribution is 0.0684. The number of nitrogens with one attached hydrogen (secondary N) is 1. The molecule has 0 aliphatic carbocycles. The molecule has 0 atom stereocenters. The molecule has 0 fully saturated rings. The van der Waals surface area contributed by atoms with Gasteiger partial charge in [0.25, 0.3) is 0 Å². The molecule has 4 aromatic rings. The maximum Gasteiger partial charge on any atom is 0.352 e. The first-order chi connectivity index (χ1) is 15.5. The predicted octanol–water partition coefficient (Wildman–Crippen LogP) is 6.17. The van der Waals surface area contributed by atoms with Crippen LogP contribution < -0.4 is 5.32 Å². The van der Waals surface area contributed by atoms with Crippen LogP contribution in [0.5, 0.6) is 0 Å². The molecule has 0 unspecified atom stereocenters. The van der Waals surface area contributed by atoms with E-state index < -0.39 is 11.8 Å². The van der Waals surface area contributed by atoms with Gasteiger partial charge in [0.05, 0.1) is 0 Å². The van der Waals surface area contributed by atoms with E-state index >= 15 is 0 Å². The van der Waals surface area contributed by atoms with E-state index in [1.165, 1.54) is 12.1 Å². The average molecular weight is 471 g/mol. The molecule has 4 nitrogen and oxygen atoms in total. The highest BCUT2D eigenvalue weighted by atomic mass is 35.5. The van der Waals surface area contributed by atoms with Gasteiger partial charge in [-0.3, -0.25) is 0 Å². The van der Waals surface area contributed by atoms with Crippen LogP contribution in [0, 0.1) is 5.82 Å². The lowest BCUT2D eigenvalue weighted by Crippen LogP contribution is -2.19. The normalized spacial score (nSPS) is 11.2. The maximum atomic E-state index is 13.5. The summed E-state index contributed by atoms with van der Waals surface area (Å²) in [4.78, 5) is 12.3. The van der Waals surface area contributed by atoms with Crippen molar-refractivity contribution < 1.29 is 14.3 Å².